The first-order chi connectivity index (χ1) is 12.4. The zero-order chi connectivity index (χ0) is 19.4. The number of benzene rings is 1. The van der Waals surface area contributed by atoms with Gasteiger partial charge in [0.1, 0.15) is 18.8 Å². The van der Waals surface area contributed by atoms with E-state index < -0.39 is 34.9 Å². The van der Waals surface area contributed by atoms with Crippen LogP contribution < -0.4 is 5.73 Å². The van der Waals surface area contributed by atoms with Crippen LogP contribution in [0.5, 0.6) is 0 Å². The minimum absolute atomic E-state index is 0.0859. The van der Waals surface area contributed by atoms with Crippen molar-refractivity contribution >= 4 is 5.97 Å². The highest BCUT2D eigenvalue weighted by atomic mass is 17.0. The molecule has 0 saturated carbocycles. The number of nitrogens with zero attached hydrogens (tertiary/aromatic N) is 2. The number of rotatable bonds is 13. The molecule has 26 heavy (non-hydrogen) atoms. The van der Waals surface area contributed by atoms with Gasteiger partial charge < -0.3 is 20.1 Å². The van der Waals surface area contributed by atoms with Crippen LogP contribution in [0.25, 0.3) is 0 Å². The van der Waals surface area contributed by atoms with Crippen LogP contribution in [0.1, 0.15) is 24.8 Å². The minimum atomic E-state index is -1.06. The Morgan fingerprint density at radius 3 is 2.42 bits per heavy atom. The lowest BCUT2D eigenvalue weighted by Crippen LogP contribution is -2.34. The first-order valence-electron chi connectivity index (χ1n) is 7.93. The summed E-state index contributed by atoms with van der Waals surface area (Å²) < 4.78 is 5.06. The molecule has 0 spiro atoms. The Morgan fingerprint density at radius 2 is 1.81 bits per heavy atom. The zero-order valence-corrected chi connectivity index (χ0v) is 14.0. The average Bonchev–Trinajstić information content (AvgIpc) is 2.59. The zero-order valence-electron chi connectivity index (χ0n) is 14.0. The van der Waals surface area contributed by atoms with Crippen molar-refractivity contribution in [3.05, 3.63) is 56.1 Å². The minimum Gasteiger partial charge on any atom is -0.465 e. The highest BCUT2D eigenvalue weighted by Crippen LogP contribution is 2.08. The van der Waals surface area contributed by atoms with Crippen molar-refractivity contribution in [2.24, 2.45) is 5.73 Å². The number of hydrogen-bond acceptors (Lipinski definition) is 9. The topological polar surface area (TPSA) is 157 Å². The second kappa shape index (κ2) is 11.6. The van der Waals surface area contributed by atoms with Crippen LogP contribution in [0.3, 0.4) is 0 Å². The van der Waals surface area contributed by atoms with E-state index >= 15 is 0 Å². The molecule has 0 saturated heterocycles. The maximum absolute atomic E-state index is 11.8. The first kappa shape index (κ1) is 21.1. The number of carbonyl (C=O) groups excluding carboxylic acids is 1. The third-order valence-corrected chi connectivity index (χ3v) is 3.37. The van der Waals surface area contributed by atoms with E-state index in [1.54, 1.807) is 0 Å². The molecule has 0 amide bonds. The Bertz CT molecular complexity index is 584. The molecule has 0 fully saturated rings. The van der Waals surface area contributed by atoms with E-state index in [0.29, 0.717) is 19.3 Å². The number of unbranched alkanes of at least 4 members (excludes halogenated alkanes) is 1. The maximum Gasteiger partial charge on any atom is 0.323 e. The van der Waals surface area contributed by atoms with Crippen LogP contribution in [-0.4, -0.2) is 41.5 Å². The molecular formula is C15H21N3O8. The van der Waals surface area contributed by atoms with Crippen LogP contribution in [0.2, 0.25) is 0 Å². The molecule has 144 valence electrons. The summed E-state index contributed by atoms with van der Waals surface area (Å²) >= 11 is 0. The van der Waals surface area contributed by atoms with E-state index in [2.05, 4.69) is 9.68 Å². The van der Waals surface area contributed by atoms with Gasteiger partial charge in [-0.05, 0) is 31.2 Å². The Labute approximate surface area is 149 Å². The molecule has 11 nitrogen and oxygen atoms in total. The Kier molecular flexibility index (Phi) is 9.39. The standard InChI is InChI=1S/C15H21N3O8/c16-14(10-12-6-2-1-3-7-12)15(19)24-9-5-4-8-13(26-18(22)23)11-25-17(20)21/h1-3,6-7,13-14H,4-5,8-11,16H2. The molecule has 0 aliphatic carbocycles. The molecular weight excluding hydrogens is 350 g/mol. The summed E-state index contributed by atoms with van der Waals surface area (Å²) in [5.74, 6) is -0.538. The molecule has 1 aromatic carbocycles. The van der Waals surface area contributed by atoms with Crippen LogP contribution in [0, 0.1) is 20.2 Å². The average molecular weight is 371 g/mol. The van der Waals surface area contributed by atoms with Crippen molar-refractivity contribution in [2.45, 2.75) is 37.8 Å². The van der Waals surface area contributed by atoms with Crippen LogP contribution in [0.4, 0.5) is 0 Å². The molecule has 1 aromatic rings. The van der Waals surface area contributed by atoms with Gasteiger partial charge in [-0.3, -0.25) is 4.79 Å². The van der Waals surface area contributed by atoms with E-state index in [0.717, 1.165) is 5.56 Å². The summed E-state index contributed by atoms with van der Waals surface area (Å²) in [6, 6.07) is 8.49. The molecule has 11 heteroatoms. The molecule has 0 bridgehead atoms. The van der Waals surface area contributed by atoms with Crippen molar-refractivity contribution in [3.8, 4) is 0 Å². The predicted octanol–water partition coefficient (Wildman–Crippen LogP) is 1.06. The van der Waals surface area contributed by atoms with Gasteiger partial charge in [0.25, 0.3) is 10.2 Å². The fourth-order valence-electron chi connectivity index (χ4n) is 2.14. The number of carbonyl (C=O) groups is 1. The van der Waals surface area contributed by atoms with Gasteiger partial charge in [-0.1, -0.05) is 30.3 Å². The van der Waals surface area contributed by atoms with Crippen molar-refractivity contribution in [3.63, 3.8) is 0 Å². The van der Waals surface area contributed by atoms with Crippen molar-refractivity contribution < 1.29 is 29.4 Å². The van der Waals surface area contributed by atoms with Gasteiger partial charge >= 0.3 is 5.97 Å². The Morgan fingerprint density at radius 1 is 1.12 bits per heavy atom. The summed E-state index contributed by atoms with van der Waals surface area (Å²) in [6.07, 6.45) is 0.228. The van der Waals surface area contributed by atoms with Crippen LogP contribution in [0.15, 0.2) is 30.3 Å². The molecule has 2 N–H and O–H groups in total. The SMILES string of the molecule is NC(Cc1ccccc1)C(=O)OCCCCC(CO[N+](=O)[O-])O[N+](=O)[O-]. The third kappa shape index (κ3) is 9.37. The van der Waals surface area contributed by atoms with Crippen molar-refractivity contribution in [1.29, 1.82) is 0 Å². The normalized spacial score (nSPS) is 12.7. The quantitative estimate of drug-likeness (QED) is 0.231. The lowest BCUT2D eigenvalue weighted by Gasteiger charge is -2.14. The van der Waals surface area contributed by atoms with Gasteiger partial charge in [-0.25, -0.2) is 0 Å². The van der Waals surface area contributed by atoms with E-state index in [1.807, 2.05) is 30.3 Å². The molecule has 1 rings (SSSR count). The highest BCUT2D eigenvalue weighted by Gasteiger charge is 2.17. The predicted molar refractivity (Wildman–Crippen MR) is 87.7 cm³/mol. The summed E-state index contributed by atoms with van der Waals surface area (Å²) in [5.41, 5.74) is 6.70. The van der Waals surface area contributed by atoms with Gasteiger partial charge in [-0.15, -0.1) is 20.2 Å². The van der Waals surface area contributed by atoms with E-state index in [-0.39, 0.29) is 13.0 Å². The lowest BCUT2D eigenvalue weighted by molar-refractivity contribution is -0.790. The van der Waals surface area contributed by atoms with E-state index in [9.17, 15) is 25.0 Å². The van der Waals surface area contributed by atoms with Crippen LogP contribution >= 0.6 is 0 Å². The van der Waals surface area contributed by atoms with E-state index in [1.165, 1.54) is 0 Å². The molecule has 0 aliphatic heterocycles. The second-order valence-corrected chi connectivity index (χ2v) is 5.43. The monoisotopic (exact) mass is 371 g/mol. The van der Waals surface area contributed by atoms with Gasteiger partial charge in [0.15, 0.2) is 0 Å². The number of ether oxygens (including phenoxy) is 1. The third-order valence-electron chi connectivity index (χ3n) is 3.37. The van der Waals surface area contributed by atoms with Gasteiger partial charge in [0.05, 0.1) is 6.61 Å². The number of nitrogens with two attached hydrogens (primary N) is 1. The Balaban J connectivity index is 2.23. The van der Waals surface area contributed by atoms with Crippen molar-refractivity contribution in [2.75, 3.05) is 13.2 Å². The van der Waals surface area contributed by atoms with Crippen molar-refractivity contribution in [1.82, 2.24) is 0 Å². The molecule has 2 atom stereocenters. The molecule has 0 radical (unpaired) electrons. The number of hydrogen-bond donors (Lipinski definition) is 1. The fraction of sp³-hybridized carbons (Fsp3) is 0.533. The fourth-order valence-corrected chi connectivity index (χ4v) is 2.14. The maximum atomic E-state index is 11.8. The summed E-state index contributed by atoms with van der Waals surface area (Å²) in [7, 11) is 0. The molecule has 0 aromatic heterocycles. The smallest absolute Gasteiger partial charge is 0.323 e. The van der Waals surface area contributed by atoms with Gasteiger partial charge in [-0.2, -0.15) is 0 Å². The largest absolute Gasteiger partial charge is 0.465 e. The molecule has 0 heterocycles. The summed E-state index contributed by atoms with van der Waals surface area (Å²) in [5, 5.41) is 18.4. The molecule has 2 unspecified atom stereocenters. The van der Waals surface area contributed by atoms with Gasteiger partial charge in [0, 0.05) is 0 Å². The Hall–Kier alpha value is -2.95. The molecule has 0 aliphatic rings. The number of esters is 1. The summed E-state index contributed by atoms with van der Waals surface area (Å²) in [4.78, 5) is 40.6. The highest BCUT2D eigenvalue weighted by molar-refractivity contribution is 5.75. The second-order valence-electron chi connectivity index (χ2n) is 5.43. The lowest BCUT2D eigenvalue weighted by atomic mass is 10.1. The van der Waals surface area contributed by atoms with E-state index in [4.69, 9.17) is 10.5 Å². The van der Waals surface area contributed by atoms with Crippen LogP contribution in [-0.2, 0) is 25.6 Å². The first-order valence-corrected chi connectivity index (χ1v) is 7.93. The van der Waals surface area contributed by atoms with Gasteiger partial charge in [0.2, 0.25) is 0 Å². The summed E-state index contributed by atoms with van der Waals surface area (Å²) in [6.45, 7) is -0.460.